The number of hydrogen-bond donors (Lipinski definition) is 1. The van der Waals surface area contributed by atoms with Gasteiger partial charge in [0.1, 0.15) is 12.4 Å². The van der Waals surface area contributed by atoms with Crippen LogP contribution in [0.2, 0.25) is 0 Å². The molecule has 0 aromatic heterocycles. The molecule has 1 aliphatic rings. The fourth-order valence-electron chi connectivity index (χ4n) is 3.06. The van der Waals surface area contributed by atoms with Crippen LogP contribution in [-0.4, -0.2) is 29.1 Å². The van der Waals surface area contributed by atoms with E-state index in [4.69, 9.17) is 9.84 Å². The molecule has 3 rings (SSSR count). The van der Waals surface area contributed by atoms with E-state index in [9.17, 15) is 4.79 Å². The summed E-state index contributed by atoms with van der Waals surface area (Å²) >= 11 is 0. The Morgan fingerprint density at radius 1 is 1.25 bits per heavy atom. The van der Waals surface area contributed by atoms with Crippen molar-refractivity contribution in [3.8, 4) is 5.75 Å². The number of rotatable bonds is 5. The van der Waals surface area contributed by atoms with Gasteiger partial charge in [-0.25, -0.2) is 0 Å². The number of carboxylic acids is 1. The highest BCUT2D eigenvalue weighted by atomic mass is 16.5. The number of fused-ring (bicyclic) bond motifs is 1. The van der Waals surface area contributed by atoms with Crippen LogP contribution in [0, 0.1) is 6.92 Å². The van der Waals surface area contributed by atoms with Crippen LogP contribution in [0.15, 0.2) is 42.5 Å². The summed E-state index contributed by atoms with van der Waals surface area (Å²) < 4.78 is 5.83. The molecule has 0 aliphatic carbocycles. The summed E-state index contributed by atoms with van der Waals surface area (Å²) in [6, 6.07) is 14.5. The van der Waals surface area contributed by atoms with Gasteiger partial charge in [-0.1, -0.05) is 36.4 Å². The van der Waals surface area contributed by atoms with Crippen LogP contribution in [0.3, 0.4) is 0 Å². The van der Waals surface area contributed by atoms with E-state index < -0.39 is 5.97 Å². The van der Waals surface area contributed by atoms with Crippen molar-refractivity contribution in [2.45, 2.75) is 32.9 Å². The van der Waals surface area contributed by atoms with Crippen molar-refractivity contribution in [3.05, 3.63) is 64.7 Å². The molecular weight excluding hydrogens is 302 g/mol. The first-order valence-electron chi connectivity index (χ1n) is 8.35. The number of carbonyl (C=O) groups is 1. The van der Waals surface area contributed by atoms with E-state index in [2.05, 4.69) is 30.0 Å². The second-order valence-corrected chi connectivity index (χ2v) is 6.32. The highest BCUT2D eigenvalue weighted by molar-refractivity contribution is 5.67. The SMILES string of the molecule is Cc1ccc(CCC(=O)O)cc1CN1CCOc2ccccc2C1. The first kappa shape index (κ1) is 16.5. The maximum absolute atomic E-state index is 10.8. The number of aryl methyl sites for hydroxylation is 2. The maximum atomic E-state index is 10.8. The summed E-state index contributed by atoms with van der Waals surface area (Å²) in [5, 5.41) is 8.86. The molecule has 0 saturated heterocycles. The van der Waals surface area contributed by atoms with Gasteiger partial charge in [0.05, 0.1) is 0 Å². The normalized spacial score (nSPS) is 14.5. The number of benzene rings is 2. The van der Waals surface area contributed by atoms with Gasteiger partial charge in [0.25, 0.3) is 0 Å². The van der Waals surface area contributed by atoms with Crippen LogP contribution in [0.4, 0.5) is 0 Å². The Balaban J connectivity index is 1.73. The molecule has 4 nitrogen and oxygen atoms in total. The lowest BCUT2D eigenvalue weighted by atomic mass is 10.0. The van der Waals surface area contributed by atoms with Gasteiger partial charge in [0.2, 0.25) is 0 Å². The molecule has 0 saturated carbocycles. The summed E-state index contributed by atoms with van der Waals surface area (Å²) in [5.74, 6) is 0.227. The third-order valence-corrected chi connectivity index (χ3v) is 4.47. The van der Waals surface area contributed by atoms with Crippen LogP contribution in [0.5, 0.6) is 5.75 Å². The van der Waals surface area contributed by atoms with Gasteiger partial charge in [0, 0.05) is 31.6 Å². The Kier molecular flexibility index (Phi) is 5.16. The number of para-hydroxylation sites is 1. The van der Waals surface area contributed by atoms with E-state index in [0.717, 1.165) is 30.9 Å². The highest BCUT2D eigenvalue weighted by Crippen LogP contribution is 2.24. The summed E-state index contributed by atoms with van der Waals surface area (Å²) in [6.45, 7) is 5.40. The quantitative estimate of drug-likeness (QED) is 0.915. The molecule has 1 aliphatic heterocycles. The minimum atomic E-state index is -0.751. The molecular formula is C20H23NO3. The zero-order chi connectivity index (χ0) is 16.9. The third-order valence-electron chi connectivity index (χ3n) is 4.47. The highest BCUT2D eigenvalue weighted by Gasteiger charge is 2.16. The molecule has 126 valence electrons. The molecule has 2 aromatic carbocycles. The van der Waals surface area contributed by atoms with E-state index in [0.29, 0.717) is 13.0 Å². The first-order chi connectivity index (χ1) is 11.6. The maximum Gasteiger partial charge on any atom is 0.303 e. The Morgan fingerprint density at radius 3 is 2.92 bits per heavy atom. The van der Waals surface area contributed by atoms with Crippen molar-refractivity contribution in [1.82, 2.24) is 4.90 Å². The van der Waals surface area contributed by atoms with E-state index in [1.54, 1.807) is 0 Å². The van der Waals surface area contributed by atoms with Crippen LogP contribution in [-0.2, 0) is 24.3 Å². The molecule has 0 spiro atoms. The number of hydrogen-bond acceptors (Lipinski definition) is 3. The minimum Gasteiger partial charge on any atom is -0.492 e. The standard InChI is InChI=1S/C20H23NO3/c1-15-6-7-16(8-9-20(22)23)12-18(15)14-21-10-11-24-19-5-3-2-4-17(19)13-21/h2-7,12H,8-11,13-14H2,1H3,(H,22,23). The molecule has 0 radical (unpaired) electrons. The van der Waals surface area contributed by atoms with E-state index in [1.807, 2.05) is 24.3 Å². The summed E-state index contributed by atoms with van der Waals surface area (Å²) in [6.07, 6.45) is 0.752. The second kappa shape index (κ2) is 7.49. The van der Waals surface area contributed by atoms with Crippen LogP contribution < -0.4 is 4.74 Å². The van der Waals surface area contributed by atoms with Crippen molar-refractivity contribution in [3.63, 3.8) is 0 Å². The number of ether oxygens (including phenoxy) is 1. The molecule has 4 heteroatoms. The third kappa shape index (κ3) is 4.15. The van der Waals surface area contributed by atoms with Gasteiger partial charge in [-0.15, -0.1) is 0 Å². The van der Waals surface area contributed by atoms with Gasteiger partial charge in [-0.2, -0.15) is 0 Å². The van der Waals surface area contributed by atoms with E-state index >= 15 is 0 Å². The number of carboxylic acid groups (broad SMARTS) is 1. The van der Waals surface area contributed by atoms with Gasteiger partial charge in [-0.3, -0.25) is 9.69 Å². The second-order valence-electron chi connectivity index (χ2n) is 6.32. The van der Waals surface area contributed by atoms with Crippen LogP contribution in [0.25, 0.3) is 0 Å². The molecule has 24 heavy (non-hydrogen) atoms. The van der Waals surface area contributed by atoms with Gasteiger partial charge < -0.3 is 9.84 Å². The fourth-order valence-corrected chi connectivity index (χ4v) is 3.06. The molecule has 1 heterocycles. The number of aliphatic carboxylic acids is 1. The Hall–Kier alpha value is -2.33. The molecule has 2 aromatic rings. The predicted molar refractivity (Wildman–Crippen MR) is 93.2 cm³/mol. The lowest BCUT2D eigenvalue weighted by Crippen LogP contribution is -2.25. The van der Waals surface area contributed by atoms with Crippen molar-refractivity contribution < 1.29 is 14.6 Å². The first-order valence-corrected chi connectivity index (χ1v) is 8.35. The number of nitrogens with zero attached hydrogens (tertiary/aromatic N) is 1. The Bertz CT molecular complexity index is 727. The molecule has 0 bridgehead atoms. The Morgan fingerprint density at radius 2 is 2.08 bits per heavy atom. The van der Waals surface area contributed by atoms with Gasteiger partial charge >= 0.3 is 5.97 Å². The van der Waals surface area contributed by atoms with Crippen molar-refractivity contribution in [2.75, 3.05) is 13.2 Å². The largest absolute Gasteiger partial charge is 0.492 e. The monoisotopic (exact) mass is 325 g/mol. The van der Waals surface area contributed by atoms with E-state index in [1.165, 1.54) is 16.7 Å². The van der Waals surface area contributed by atoms with Crippen molar-refractivity contribution >= 4 is 5.97 Å². The molecule has 0 atom stereocenters. The smallest absolute Gasteiger partial charge is 0.303 e. The lowest BCUT2D eigenvalue weighted by Gasteiger charge is -2.21. The lowest BCUT2D eigenvalue weighted by molar-refractivity contribution is -0.136. The van der Waals surface area contributed by atoms with E-state index in [-0.39, 0.29) is 6.42 Å². The van der Waals surface area contributed by atoms with Crippen LogP contribution >= 0.6 is 0 Å². The fraction of sp³-hybridized carbons (Fsp3) is 0.350. The topological polar surface area (TPSA) is 49.8 Å². The summed E-state index contributed by atoms with van der Waals surface area (Å²) in [5.41, 5.74) is 4.81. The minimum absolute atomic E-state index is 0.174. The zero-order valence-electron chi connectivity index (χ0n) is 14.0. The van der Waals surface area contributed by atoms with Gasteiger partial charge in [-0.05, 0) is 36.1 Å². The predicted octanol–water partition coefficient (Wildman–Crippen LogP) is 3.41. The van der Waals surface area contributed by atoms with Gasteiger partial charge in [0.15, 0.2) is 0 Å². The summed E-state index contributed by atoms with van der Waals surface area (Å²) in [4.78, 5) is 13.2. The van der Waals surface area contributed by atoms with Crippen LogP contribution in [0.1, 0.15) is 28.7 Å². The Labute approximate surface area is 142 Å². The van der Waals surface area contributed by atoms with Crippen molar-refractivity contribution in [1.29, 1.82) is 0 Å². The summed E-state index contributed by atoms with van der Waals surface area (Å²) in [7, 11) is 0. The molecule has 0 amide bonds. The molecule has 1 N–H and O–H groups in total. The average Bonchev–Trinajstić information content (AvgIpc) is 2.77. The molecule has 0 unspecified atom stereocenters. The molecule has 0 fully saturated rings. The zero-order valence-corrected chi connectivity index (χ0v) is 14.0. The average molecular weight is 325 g/mol. The van der Waals surface area contributed by atoms with Crippen molar-refractivity contribution in [2.24, 2.45) is 0 Å².